The first-order chi connectivity index (χ1) is 9.63. The molecule has 1 aromatic heterocycles. The topological polar surface area (TPSA) is 65.4 Å². The minimum Gasteiger partial charge on any atom is -0.493 e. The van der Waals surface area contributed by atoms with Gasteiger partial charge in [0.1, 0.15) is 12.3 Å². The van der Waals surface area contributed by atoms with Gasteiger partial charge in [-0.15, -0.1) is 0 Å². The third-order valence-corrected chi connectivity index (χ3v) is 3.47. The molecule has 0 bridgehead atoms. The highest BCUT2D eigenvalue weighted by Crippen LogP contribution is 2.22. The summed E-state index contributed by atoms with van der Waals surface area (Å²) >= 11 is 0. The third-order valence-electron chi connectivity index (χ3n) is 3.47. The Balaban J connectivity index is 2.02. The fourth-order valence-electron chi connectivity index (χ4n) is 2.38. The van der Waals surface area contributed by atoms with Crippen molar-refractivity contribution in [2.75, 3.05) is 26.8 Å². The normalized spacial score (nSPS) is 16.6. The minimum atomic E-state index is -0.0772. The van der Waals surface area contributed by atoms with Crippen molar-refractivity contribution in [2.24, 2.45) is 0 Å². The van der Waals surface area contributed by atoms with Gasteiger partial charge >= 0.3 is 0 Å². The van der Waals surface area contributed by atoms with Gasteiger partial charge in [-0.25, -0.2) is 0 Å². The summed E-state index contributed by atoms with van der Waals surface area (Å²) in [5, 5.41) is 7.48. The quantitative estimate of drug-likeness (QED) is 0.799. The SMILES string of the molecule is COc1cnn(C(C)C)c1C(=O)COC1CCNCC1. The highest BCUT2D eigenvalue weighted by atomic mass is 16.5. The maximum atomic E-state index is 12.4. The molecule has 1 aliphatic rings. The summed E-state index contributed by atoms with van der Waals surface area (Å²) in [7, 11) is 1.55. The van der Waals surface area contributed by atoms with Gasteiger partial charge in [-0.05, 0) is 39.8 Å². The van der Waals surface area contributed by atoms with Crippen molar-refractivity contribution in [3.63, 3.8) is 0 Å². The first-order valence-electron chi connectivity index (χ1n) is 7.10. The first-order valence-corrected chi connectivity index (χ1v) is 7.10. The molecule has 2 rings (SSSR count). The van der Waals surface area contributed by atoms with E-state index in [9.17, 15) is 4.79 Å². The number of Topliss-reactive ketones (excluding diaryl/α,β-unsaturated/α-hetero) is 1. The maximum absolute atomic E-state index is 12.4. The largest absolute Gasteiger partial charge is 0.493 e. The molecular weight excluding hydrogens is 258 g/mol. The Bertz CT molecular complexity index is 451. The molecule has 1 aliphatic heterocycles. The van der Waals surface area contributed by atoms with Crippen LogP contribution in [-0.4, -0.2) is 48.5 Å². The maximum Gasteiger partial charge on any atom is 0.210 e. The molecule has 1 aromatic rings. The molecule has 1 N–H and O–H groups in total. The predicted octanol–water partition coefficient (Wildman–Crippen LogP) is 1.42. The molecule has 6 heteroatoms. The van der Waals surface area contributed by atoms with Gasteiger partial charge < -0.3 is 14.8 Å². The van der Waals surface area contributed by atoms with E-state index in [2.05, 4.69) is 10.4 Å². The second-order valence-electron chi connectivity index (χ2n) is 5.28. The Labute approximate surface area is 119 Å². The van der Waals surface area contributed by atoms with Crippen LogP contribution in [-0.2, 0) is 4.74 Å². The van der Waals surface area contributed by atoms with Crippen molar-refractivity contribution < 1.29 is 14.3 Å². The van der Waals surface area contributed by atoms with Gasteiger partial charge in [-0.1, -0.05) is 0 Å². The number of hydrogen-bond donors (Lipinski definition) is 1. The lowest BCUT2D eigenvalue weighted by atomic mass is 10.1. The van der Waals surface area contributed by atoms with E-state index in [1.54, 1.807) is 18.0 Å². The van der Waals surface area contributed by atoms with Crippen LogP contribution in [0.3, 0.4) is 0 Å². The number of aromatic nitrogens is 2. The number of ketones is 1. The number of piperidine rings is 1. The van der Waals surface area contributed by atoms with Crippen LogP contribution in [0.1, 0.15) is 43.2 Å². The molecule has 0 saturated carbocycles. The number of methoxy groups -OCH3 is 1. The molecule has 112 valence electrons. The molecule has 20 heavy (non-hydrogen) atoms. The second-order valence-corrected chi connectivity index (χ2v) is 5.28. The van der Waals surface area contributed by atoms with E-state index in [4.69, 9.17) is 9.47 Å². The monoisotopic (exact) mass is 281 g/mol. The highest BCUT2D eigenvalue weighted by molar-refractivity contribution is 5.98. The van der Waals surface area contributed by atoms with Gasteiger partial charge in [-0.3, -0.25) is 9.48 Å². The van der Waals surface area contributed by atoms with Gasteiger partial charge in [0, 0.05) is 6.04 Å². The molecule has 0 spiro atoms. The first kappa shape index (κ1) is 15.0. The fraction of sp³-hybridized carbons (Fsp3) is 0.714. The van der Waals surface area contributed by atoms with Crippen LogP contribution in [0.25, 0.3) is 0 Å². The lowest BCUT2D eigenvalue weighted by Gasteiger charge is -2.22. The lowest BCUT2D eigenvalue weighted by molar-refractivity contribution is 0.0309. The van der Waals surface area contributed by atoms with E-state index < -0.39 is 0 Å². The Kier molecular flexibility index (Phi) is 5.14. The molecule has 0 aliphatic carbocycles. The molecule has 0 unspecified atom stereocenters. The Morgan fingerprint density at radius 1 is 1.50 bits per heavy atom. The molecule has 0 atom stereocenters. The zero-order valence-corrected chi connectivity index (χ0v) is 12.4. The zero-order valence-electron chi connectivity index (χ0n) is 12.4. The third kappa shape index (κ3) is 3.37. The molecule has 1 saturated heterocycles. The summed E-state index contributed by atoms with van der Waals surface area (Å²) in [4.78, 5) is 12.4. The van der Waals surface area contributed by atoms with Crippen LogP contribution >= 0.6 is 0 Å². The standard InChI is InChI=1S/C14H23N3O3/c1-10(2)17-14(13(19-3)8-16-17)12(18)9-20-11-4-6-15-7-5-11/h8,10-11,15H,4-7,9H2,1-3H3. The molecule has 0 amide bonds. The number of ether oxygens (including phenoxy) is 2. The van der Waals surface area contributed by atoms with E-state index >= 15 is 0 Å². The van der Waals surface area contributed by atoms with E-state index in [0.717, 1.165) is 25.9 Å². The average Bonchev–Trinajstić information content (AvgIpc) is 2.90. The van der Waals surface area contributed by atoms with Crippen molar-refractivity contribution in [1.82, 2.24) is 15.1 Å². The van der Waals surface area contributed by atoms with E-state index in [1.165, 1.54) is 0 Å². The zero-order chi connectivity index (χ0) is 14.5. The smallest absolute Gasteiger partial charge is 0.210 e. The van der Waals surface area contributed by atoms with Gasteiger partial charge in [0.05, 0.1) is 19.4 Å². The van der Waals surface area contributed by atoms with E-state index in [1.807, 2.05) is 13.8 Å². The van der Waals surface area contributed by atoms with Crippen LogP contribution < -0.4 is 10.1 Å². The summed E-state index contributed by atoms with van der Waals surface area (Å²) in [6, 6.07) is 0.108. The van der Waals surface area contributed by atoms with Crippen LogP contribution in [0.4, 0.5) is 0 Å². The van der Waals surface area contributed by atoms with Gasteiger partial charge in [0.25, 0.3) is 0 Å². The van der Waals surface area contributed by atoms with Crippen LogP contribution in [0.2, 0.25) is 0 Å². The number of rotatable bonds is 6. The summed E-state index contributed by atoms with van der Waals surface area (Å²) in [5.74, 6) is 0.434. The minimum absolute atomic E-state index is 0.0772. The number of carbonyl (C=O) groups is 1. The molecule has 1 fully saturated rings. The van der Waals surface area contributed by atoms with E-state index in [-0.39, 0.29) is 24.5 Å². The van der Waals surface area contributed by atoms with Gasteiger partial charge in [0.2, 0.25) is 5.78 Å². The van der Waals surface area contributed by atoms with Crippen LogP contribution in [0.15, 0.2) is 6.20 Å². The molecule has 6 nitrogen and oxygen atoms in total. The fourth-order valence-corrected chi connectivity index (χ4v) is 2.38. The van der Waals surface area contributed by atoms with Crippen molar-refractivity contribution in [3.8, 4) is 5.75 Å². The summed E-state index contributed by atoms with van der Waals surface area (Å²) in [6.45, 7) is 5.95. The van der Waals surface area contributed by atoms with Crippen molar-refractivity contribution >= 4 is 5.78 Å². The predicted molar refractivity (Wildman–Crippen MR) is 75.3 cm³/mol. The van der Waals surface area contributed by atoms with Crippen molar-refractivity contribution in [3.05, 3.63) is 11.9 Å². The number of nitrogens with zero attached hydrogens (tertiary/aromatic N) is 2. The van der Waals surface area contributed by atoms with Crippen LogP contribution in [0.5, 0.6) is 5.75 Å². The van der Waals surface area contributed by atoms with Crippen molar-refractivity contribution in [2.45, 2.75) is 38.8 Å². The van der Waals surface area contributed by atoms with Gasteiger partial charge in [-0.2, -0.15) is 5.10 Å². The Hall–Kier alpha value is -1.40. The number of hydrogen-bond acceptors (Lipinski definition) is 5. The Morgan fingerprint density at radius 2 is 2.20 bits per heavy atom. The second kappa shape index (κ2) is 6.85. The van der Waals surface area contributed by atoms with Gasteiger partial charge in [0.15, 0.2) is 5.75 Å². The Morgan fingerprint density at radius 3 is 2.80 bits per heavy atom. The molecule has 0 radical (unpaired) electrons. The van der Waals surface area contributed by atoms with Crippen LogP contribution in [0, 0.1) is 0 Å². The number of carbonyl (C=O) groups excluding carboxylic acids is 1. The van der Waals surface area contributed by atoms with E-state index in [0.29, 0.717) is 11.4 Å². The van der Waals surface area contributed by atoms with Crippen molar-refractivity contribution in [1.29, 1.82) is 0 Å². The average molecular weight is 281 g/mol. The summed E-state index contributed by atoms with van der Waals surface area (Å²) in [5.41, 5.74) is 0.497. The lowest BCUT2D eigenvalue weighted by Crippen LogP contribution is -2.33. The molecular formula is C14H23N3O3. The summed E-state index contributed by atoms with van der Waals surface area (Å²) < 4.78 is 12.6. The molecule has 2 heterocycles. The summed E-state index contributed by atoms with van der Waals surface area (Å²) in [6.07, 6.45) is 3.65. The number of nitrogens with one attached hydrogen (secondary N) is 1. The molecule has 0 aromatic carbocycles. The highest BCUT2D eigenvalue weighted by Gasteiger charge is 2.22.